The SMILES string of the molecule is CC1CCCC(C)N1C(=O)NC1CCCCC1C(=O)O. The Morgan fingerprint density at radius 3 is 2.20 bits per heavy atom. The average molecular weight is 282 g/mol. The second-order valence-electron chi connectivity index (χ2n) is 6.32. The van der Waals surface area contributed by atoms with E-state index in [0.29, 0.717) is 6.42 Å². The Morgan fingerprint density at radius 1 is 1.00 bits per heavy atom. The number of likely N-dealkylation sites (tertiary alicyclic amines) is 1. The lowest BCUT2D eigenvalue weighted by molar-refractivity contribution is -0.143. The lowest BCUT2D eigenvalue weighted by Crippen LogP contribution is -2.56. The minimum Gasteiger partial charge on any atom is -0.481 e. The molecule has 2 amide bonds. The Morgan fingerprint density at radius 2 is 1.60 bits per heavy atom. The van der Waals surface area contributed by atoms with E-state index in [0.717, 1.165) is 38.5 Å². The van der Waals surface area contributed by atoms with Crippen LogP contribution in [-0.2, 0) is 4.79 Å². The number of urea groups is 1. The first-order valence-corrected chi connectivity index (χ1v) is 7.82. The Balaban J connectivity index is 2.00. The zero-order chi connectivity index (χ0) is 14.7. The standard InChI is InChI=1S/C15H26N2O3/c1-10-6-5-7-11(2)17(10)15(20)16-13-9-4-3-8-12(13)14(18)19/h10-13H,3-9H2,1-2H3,(H,16,20)(H,18,19). The van der Waals surface area contributed by atoms with Crippen molar-refractivity contribution < 1.29 is 14.7 Å². The average Bonchev–Trinajstić information content (AvgIpc) is 2.38. The van der Waals surface area contributed by atoms with Crippen LogP contribution in [0.3, 0.4) is 0 Å². The first-order valence-electron chi connectivity index (χ1n) is 7.82. The van der Waals surface area contributed by atoms with Crippen LogP contribution in [0.25, 0.3) is 0 Å². The van der Waals surface area contributed by atoms with Gasteiger partial charge in [-0.05, 0) is 46.0 Å². The van der Waals surface area contributed by atoms with Crippen LogP contribution in [-0.4, -0.2) is 40.1 Å². The minimum atomic E-state index is -0.783. The van der Waals surface area contributed by atoms with Crippen LogP contribution in [0.15, 0.2) is 0 Å². The fourth-order valence-electron chi connectivity index (χ4n) is 3.65. The number of nitrogens with zero attached hydrogens (tertiary/aromatic N) is 1. The number of piperidine rings is 1. The molecule has 0 spiro atoms. The number of hydrogen-bond acceptors (Lipinski definition) is 2. The molecule has 0 radical (unpaired) electrons. The number of carboxylic acid groups (broad SMARTS) is 1. The summed E-state index contributed by atoms with van der Waals surface area (Å²) in [5.74, 6) is -1.21. The number of carboxylic acids is 1. The van der Waals surface area contributed by atoms with E-state index in [4.69, 9.17) is 0 Å². The number of hydrogen-bond donors (Lipinski definition) is 2. The van der Waals surface area contributed by atoms with Crippen LogP contribution in [0, 0.1) is 5.92 Å². The van der Waals surface area contributed by atoms with Crippen LogP contribution in [0.5, 0.6) is 0 Å². The van der Waals surface area contributed by atoms with Gasteiger partial charge in [-0.15, -0.1) is 0 Å². The summed E-state index contributed by atoms with van der Waals surface area (Å²) in [5, 5.41) is 12.3. The van der Waals surface area contributed by atoms with Gasteiger partial charge in [-0.25, -0.2) is 4.79 Å². The molecule has 0 aromatic rings. The van der Waals surface area contributed by atoms with Gasteiger partial charge in [0.2, 0.25) is 0 Å². The molecule has 0 aromatic heterocycles. The van der Waals surface area contributed by atoms with Crippen molar-refractivity contribution in [2.75, 3.05) is 0 Å². The second kappa shape index (κ2) is 6.46. The van der Waals surface area contributed by atoms with Gasteiger partial charge in [-0.2, -0.15) is 0 Å². The van der Waals surface area contributed by atoms with E-state index in [1.54, 1.807) is 0 Å². The normalized spacial score (nSPS) is 34.6. The molecule has 1 heterocycles. The quantitative estimate of drug-likeness (QED) is 0.818. The van der Waals surface area contributed by atoms with Crippen molar-refractivity contribution in [1.29, 1.82) is 0 Å². The van der Waals surface area contributed by atoms with Gasteiger partial charge in [0.25, 0.3) is 0 Å². The Kier molecular flexibility index (Phi) is 4.89. The highest BCUT2D eigenvalue weighted by molar-refractivity contribution is 5.77. The Hall–Kier alpha value is -1.26. The maximum Gasteiger partial charge on any atom is 0.318 e. The summed E-state index contributed by atoms with van der Waals surface area (Å²) in [6.45, 7) is 4.15. The van der Waals surface area contributed by atoms with Crippen molar-refractivity contribution in [2.24, 2.45) is 5.92 Å². The first kappa shape index (κ1) is 15.1. The van der Waals surface area contributed by atoms with Gasteiger partial charge >= 0.3 is 12.0 Å². The number of nitrogens with one attached hydrogen (secondary N) is 1. The predicted octanol–water partition coefficient (Wildman–Crippen LogP) is 2.60. The van der Waals surface area contributed by atoms with Gasteiger partial charge in [0.15, 0.2) is 0 Å². The highest BCUT2D eigenvalue weighted by Crippen LogP contribution is 2.26. The number of rotatable bonds is 2. The Labute approximate surface area is 120 Å². The van der Waals surface area contributed by atoms with Gasteiger partial charge < -0.3 is 15.3 Å². The molecule has 1 aliphatic heterocycles. The molecule has 1 aliphatic carbocycles. The first-order chi connectivity index (χ1) is 9.50. The van der Waals surface area contributed by atoms with Crippen LogP contribution in [0.2, 0.25) is 0 Å². The van der Waals surface area contributed by atoms with Gasteiger partial charge in [0, 0.05) is 18.1 Å². The van der Waals surface area contributed by atoms with Crippen LogP contribution >= 0.6 is 0 Å². The topological polar surface area (TPSA) is 69.6 Å². The third-order valence-electron chi connectivity index (χ3n) is 4.82. The van der Waals surface area contributed by atoms with E-state index < -0.39 is 11.9 Å². The van der Waals surface area contributed by atoms with Crippen molar-refractivity contribution >= 4 is 12.0 Å². The third-order valence-corrected chi connectivity index (χ3v) is 4.82. The molecule has 2 N–H and O–H groups in total. The smallest absolute Gasteiger partial charge is 0.318 e. The van der Waals surface area contributed by atoms with Crippen molar-refractivity contribution in [3.8, 4) is 0 Å². The van der Waals surface area contributed by atoms with E-state index in [1.165, 1.54) is 0 Å². The summed E-state index contributed by atoms with van der Waals surface area (Å²) in [7, 11) is 0. The molecular formula is C15H26N2O3. The van der Waals surface area contributed by atoms with Crippen LogP contribution in [0.4, 0.5) is 4.79 Å². The van der Waals surface area contributed by atoms with Gasteiger partial charge in [-0.1, -0.05) is 12.8 Å². The summed E-state index contributed by atoms with van der Waals surface area (Å²) < 4.78 is 0. The molecule has 0 bridgehead atoms. The maximum absolute atomic E-state index is 12.5. The highest BCUT2D eigenvalue weighted by Gasteiger charge is 2.35. The predicted molar refractivity (Wildman–Crippen MR) is 76.5 cm³/mol. The molecule has 4 atom stereocenters. The molecule has 2 fully saturated rings. The van der Waals surface area contributed by atoms with Crippen molar-refractivity contribution in [3.05, 3.63) is 0 Å². The summed E-state index contributed by atoms with van der Waals surface area (Å²) in [5.41, 5.74) is 0. The fourth-order valence-corrected chi connectivity index (χ4v) is 3.65. The molecule has 2 rings (SSSR count). The van der Waals surface area contributed by atoms with E-state index in [-0.39, 0.29) is 24.2 Å². The van der Waals surface area contributed by atoms with Crippen molar-refractivity contribution in [1.82, 2.24) is 10.2 Å². The zero-order valence-electron chi connectivity index (χ0n) is 12.5. The van der Waals surface area contributed by atoms with E-state index in [9.17, 15) is 14.7 Å². The van der Waals surface area contributed by atoms with Crippen LogP contribution in [0.1, 0.15) is 58.8 Å². The number of carbonyl (C=O) groups excluding carboxylic acids is 1. The molecule has 5 nitrogen and oxygen atoms in total. The summed E-state index contributed by atoms with van der Waals surface area (Å²) in [6.07, 6.45) is 6.62. The molecule has 1 saturated heterocycles. The third kappa shape index (κ3) is 3.25. The Bertz CT molecular complexity index is 362. The monoisotopic (exact) mass is 282 g/mol. The zero-order valence-corrected chi connectivity index (χ0v) is 12.5. The van der Waals surface area contributed by atoms with Crippen molar-refractivity contribution in [2.45, 2.75) is 76.9 Å². The number of carbonyl (C=O) groups is 2. The van der Waals surface area contributed by atoms with Gasteiger partial charge in [-0.3, -0.25) is 4.79 Å². The molecule has 1 saturated carbocycles. The van der Waals surface area contributed by atoms with E-state index in [1.807, 2.05) is 4.90 Å². The van der Waals surface area contributed by atoms with E-state index >= 15 is 0 Å². The van der Waals surface area contributed by atoms with E-state index in [2.05, 4.69) is 19.2 Å². The van der Waals surface area contributed by atoms with Crippen LogP contribution < -0.4 is 5.32 Å². The molecule has 5 heteroatoms. The lowest BCUT2D eigenvalue weighted by Gasteiger charge is -2.40. The molecule has 114 valence electrons. The number of aliphatic carboxylic acids is 1. The fraction of sp³-hybridized carbons (Fsp3) is 0.867. The molecular weight excluding hydrogens is 256 g/mol. The lowest BCUT2D eigenvalue weighted by atomic mass is 9.84. The van der Waals surface area contributed by atoms with Gasteiger partial charge in [0.05, 0.1) is 5.92 Å². The van der Waals surface area contributed by atoms with Gasteiger partial charge in [0.1, 0.15) is 0 Å². The molecule has 2 aliphatic rings. The molecule has 4 unspecified atom stereocenters. The second-order valence-corrected chi connectivity index (χ2v) is 6.32. The highest BCUT2D eigenvalue weighted by atomic mass is 16.4. The minimum absolute atomic E-state index is 0.0807. The summed E-state index contributed by atoms with van der Waals surface area (Å²) >= 11 is 0. The maximum atomic E-state index is 12.5. The number of amides is 2. The summed E-state index contributed by atoms with van der Waals surface area (Å²) in [6, 6.07) is 0.189. The summed E-state index contributed by atoms with van der Waals surface area (Å²) in [4.78, 5) is 25.7. The van der Waals surface area contributed by atoms with Crippen molar-refractivity contribution in [3.63, 3.8) is 0 Å². The molecule has 0 aromatic carbocycles. The molecule has 20 heavy (non-hydrogen) atoms. The largest absolute Gasteiger partial charge is 0.481 e.